The summed E-state index contributed by atoms with van der Waals surface area (Å²) in [5, 5.41) is 20.7. The van der Waals surface area contributed by atoms with Crippen molar-refractivity contribution in [2.45, 2.75) is 0 Å². The van der Waals surface area contributed by atoms with Gasteiger partial charge in [0.05, 0.1) is 0 Å². The maximum atomic E-state index is 11.3. The summed E-state index contributed by atoms with van der Waals surface area (Å²) >= 11 is 0. The van der Waals surface area contributed by atoms with Crippen LogP contribution in [0.15, 0.2) is 30.9 Å². The number of amides is 1. The lowest BCUT2D eigenvalue weighted by Gasteiger charge is -2.03. The molecule has 1 amide bonds. The van der Waals surface area contributed by atoms with Gasteiger partial charge in [-0.05, 0) is 18.2 Å². The molecular weight excluding hydrogens is 182 g/mol. The van der Waals surface area contributed by atoms with Crippen LogP contribution in [0.3, 0.4) is 0 Å². The van der Waals surface area contributed by atoms with Gasteiger partial charge in [-0.3, -0.25) is 4.79 Å². The molecule has 0 saturated heterocycles. The molecule has 0 saturated carbocycles. The number of aromatic hydroxyl groups is 2. The molecule has 1 aromatic rings. The third kappa shape index (κ3) is 2.26. The number of phenols is 2. The van der Waals surface area contributed by atoms with Crippen molar-refractivity contribution in [3.63, 3.8) is 0 Å². The first-order valence-corrected chi connectivity index (χ1v) is 4.06. The Morgan fingerprint density at radius 1 is 1.43 bits per heavy atom. The molecule has 3 N–H and O–H groups in total. The Morgan fingerprint density at radius 2 is 2.14 bits per heavy atom. The number of phenolic OH excluding ortho intramolecular Hbond substituents is 2. The van der Waals surface area contributed by atoms with E-state index in [9.17, 15) is 4.79 Å². The van der Waals surface area contributed by atoms with Gasteiger partial charge in [-0.15, -0.1) is 6.58 Å². The van der Waals surface area contributed by atoms with E-state index in [2.05, 4.69) is 11.9 Å². The van der Waals surface area contributed by atoms with Gasteiger partial charge in [-0.25, -0.2) is 0 Å². The van der Waals surface area contributed by atoms with Crippen LogP contribution in [-0.2, 0) is 0 Å². The minimum absolute atomic E-state index is 0.245. The predicted molar refractivity (Wildman–Crippen MR) is 52.3 cm³/mol. The fourth-order valence-corrected chi connectivity index (χ4v) is 0.932. The van der Waals surface area contributed by atoms with Gasteiger partial charge in [0.25, 0.3) is 5.91 Å². The van der Waals surface area contributed by atoms with Crippen molar-refractivity contribution >= 4 is 5.91 Å². The highest BCUT2D eigenvalue weighted by molar-refractivity contribution is 5.94. The van der Waals surface area contributed by atoms with Gasteiger partial charge < -0.3 is 15.5 Å². The summed E-state index contributed by atoms with van der Waals surface area (Å²) in [5.74, 6) is -0.873. The van der Waals surface area contributed by atoms with E-state index in [-0.39, 0.29) is 17.4 Å². The molecule has 0 aliphatic carbocycles. The van der Waals surface area contributed by atoms with Crippen LogP contribution in [0.4, 0.5) is 0 Å². The van der Waals surface area contributed by atoms with E-state index < -0.39 is 0 Å². The summed E-state index contributed by atoms with van der Waals surface area (Å²) in [4.78, 5) is 11.3. The molecule has 74 valence electrons. The van der Waals surface area contributed by atoms with Crippen LogP contribution in [0.5, 0.6) is 11.5 Å². The number of hydrogen-bond acceptors (Lipinski definition) is 3. The molecule has 0 atom stereocenters. The third-order valence-corrected chi connectivity index (χ3v) is 1.64. The van der Waals surface area contributed by atoms with E-state index in [1.807, 2.05) is 0 Å². The fourth-order valence-electron chi connectivity index (χ4n) is 0.932. The van der Waals surface area contributed by atoms with Crippen LogP contribution >= 0.6 is 0 Å². The molecule has 0 aliphatic heterocycles. The largest absolute Gasteiger partial charge is 0.504 e. The van der Waals surface area contributed by atoms with Crippen LogP contribution in [0.2, 0.25) is 0 Å². The average molecular weight is 193 g/mol. The second-order valence-corrected chi connectivity index (χ2v) is 2.70. The van der Waals surface area contributed by atoms with Gasteiger partial charge in [0.2, 0.25) is 0 Å². The highest BCUT2D eigenvalue weighted by Crippen LogP contribution is 2.24. The Balaban J connectivity index is 2.80. The normalized spacial score (nSPS) is 9.43. The molecule has 4 heteroatoms. The standard InChI is InChI=1S/C10H11NO3/c1-2-5-11-10(14)7-3-4-8(12)9(13)6-7/h2-4,6,12-13H,1,5H2,(H,11,14). The lowest BCUT2D eigenvalue weighted by molar-refractivity contribution is 0.0957. The first kappa shape index (κ1) is 10.1. The first-order valence-electron chi connectivity index (χ1n) is 4.06. The Labute approximate surface area is 81.5 Å². The number of carbonyl (C=O) groups excluding carboxylic acids is 1. The molecule has 0 bridgehead atoms. The summed E-state index contributed by atoms with van der Waals surface area (Å²) in [7, 11) is 0. The quantitative estimate of drug-likeness (QED) is 0.495. The van der Waals surface area contributed by atoms with E-state index in [1.165, 1.54) is 18.2 Å². The van der Waals surface area contributed by atoms with Gasteiger partial charge in [-0.2, -0.15) is 0 Å². The minimum atomic E-state index is -0.319. The van der Waals surface area contributed by atoms with Crippen molar-refractivity contribution in [3.8, 4) is 11.5 Å². The second kappa shape index (κ2) is 4.32. The Kier molecular flexibility index (Phi) is 3.12. The molecule has 1 rings (SSSR count). The van der Waals surface area contributed by atoms with Gasteiger partial charge in [0.15, 0.2) is 11.5 Å². The number of rotatable bonds is 3. The number of benzene rings is 1. The van der Waals surface area contributed by atoms with Crippen molar-refractivity contribution in [1.29, 1.82) is 0 Å². The number of hydrogen-bond donors (Lipinski definition) is 3. The smallest absolute Gasteiger partial charge is 0.251 e. The average Bonchev–Trinajstić information content (AvgIpc) is 2.18. The monoisotopic (exact) mass is 193 g/mol. The summed E-state index contributed by atoms with van der Waals surface area (Å²) in [6.07, 6.45) is 1.55. The van der Waals surface area contributed by atoms with Crippen LogP contribution in [0, 0.1) is 0 Å². The first-order chi connectivity index (χ1) is 6.65. The highest BCUT2D eigenvalue weighted by atomic mass is 16.3. The summed E-state index contributed by atoms with van der Waals surface area (Å²) in [6, 6.07) is 3.89. The van der Waals surface area contributed by atoms with Crippen molar-refractivity contribution in [2.75, 3.05) is 6.54 Å². The lowest BCUT2D eigenvalue weighted by Crippen LogP contribution is -2.22. The molecule has 0 spiro atoms. The maximum absolute atomic E-state index is 11.3. The van der Waals surface area contributed by atoms with Crippen LogP contribution < -0.4 is 5.32 Å². The van der Waals surface area contributed by atoms with E-state index in [1.54, 1.807) is 6.08 Å². The molecule has 4 nitrogen and oxygen atoms in total. The molecular formula is C10H11NO3. The lowest BCUT2D eigenvalue weighted by atomic mass is 10.2. The van der Waals surface area contributed by atoms with Crippen molar-refractivity contribution in [1.82, 2.24) is 5.32 Å². The van der Waals surface area contributed by atoms with E-state index in [0.717, 1.165) is 0 Å². The van der Waals surface area contributed by atoms with E-state index >= 15 is 0 Å². The zero-order chi connectivity index (χ0) is 10.6. The molecule has 1 aromatic carbocycles. The van der Waals surface area contributed by atoms with E-state index in [4.69, 9.17) is 10.2 Å². The molecule has 0 aromatic heterocycles. The topological polar surface area (TPSA) is 69.6 Å². The van der Waals surface area contributed by atoms with E-state index in [0.29, 0.717) is 12.1 Å². The Morgan fingerprint density at radius 3 is 2.71 bits per heavy atom. The predicted octanol–water partition coefficient (Wildman–Crippen LogP) is 1.01. The van der Waals surface area contributed by atoms with Crippen LogP contribution in [0.25, 0.3) is 0 Å². The van der Waals surface area contributed by atoms with Gasteiger partial charge in [0.1, 0.15) is 0 Å². The Bertz CT molecular complexity index is 360. The van der Waals surface area contributed by atoms with Crippen molar-refractivity contribution in [3.05, 3.63) is 36.4 Å². The SMILES string of the molecule is C=CCNC(=O)c1ccc(O)c(O)c1. The van der Waals surface area contributed by atoms with Gasteiger partial charge in [0, 0.05) is 12.1 Å². The molecule has 0 aliphatic rings. The Hall–Kier alpha value is -1.97. The third-order valence-electron chi connectivity index (χ3n) is 1.64. The van der Waals surface area contributed by atoms with Crippen molar-refractivity contribution in [2.24, 2.45) is 0 Å². The molecule has 0 unspecified atom stereocenters. The maximum Gasteiger partial charge on any atom is 0.251 e. The zero-order valence-electron chi connectivity index (χ0n) is 7.53. The minimum Gasteiger partial charge on any atom is -0.504 e. The summed E-state index contributed by atoms with van der Waals surface area (Å²) in [6.45, 7) is 3.82. The van der Waals surface area contributed by atoms with Crippen molar-refractivity contribution < 1.29 is 15.0 Å². The highest BCUT2D eigenvalue weighted by Gasteiger charge is 2.06. The molecule has 0 heterocycles. The van der Waals surface area contributed by atoms with Gasteiger partial charge in [-0.1, -0.05) is 6.08 Å². The fraction of sp³-hybridized carbons (Fsp3) is 0.100. The van der Waals surface area contributed by atoms with Gasteiger partial charge >= 0.3 is 0 Å². The number of carbonyl (C=O) groups is 1. The number of nitrogens with one attached hydrogen (secondary N) is 1. The summed E-state index contributed by atoms with van der Waals surface area (Å²) in [5.41, 5.74) is 0.294. The molecule has 0 radical (unpaired) electrons. The summed E-state index contributed by atoms with van der Waals surface area (Å²) < 4.78 is 0. The van der Waals surface area contributed by atoms with Crippen LogP contribution in [0.1, 0.15) is 10.4 Å². The second-order valence-electron chi connectivity index (χ2n) is 2.70. The molecule has 0 fully saturated rings. The van der Waals surface area contributed by atoms with Crippen LogP contribution in [-0.4, -0.2) is 22.7 Å². The zero-order valence-corrected chi connectivity index (χ0v) is 7.53. The molecule has 14 heavy (non-hydrogen) atoms.